The summed E-state index contributed by atoms with van der Waals surface area (Å²) in [6, 6.07) is 9.69. The predicted octanol–water partition coefficient (Wildman–Crippen LogP) is 3.17. The van der Waals surface area contributed by atoms with Gasteiger partial charge in [0.25, 0.3) is 5.91 Å². The number of rotatable bonds is 3. The van der Waals surface area contributed by atoms with Crippen LogP contribution in [0.3, 0.4) is 0 Å². The van der Waals surface area contributed by atoms with Crippen LogP contribution in [0.2, 0.25) is 0 Å². The van der Waals surface area contributed by atoms with Crippen LogP contribution in [0.15, 0.2) is 30.3 Å². The Bertz CT molecular complexity index is 1220. The maximum absolute atomic E-state index is 13.6. The molecule has 8 nitrogen and oxygen atoms in total. The third kappa shape index (κ3) is 3.73. The molecule has 5 rings (SSSR count). The van der Waals surface area contributed by atoms with Crippen molar-refractivity contribution in [2.45, 2.75) is 40.2 Å². The zero-order valence-corrected chi connectivity index (χ0v) is 19.3. The van der Waals surface area contributed by atoms with E-state index in [0.717, 1.165) is 22.2 Å². The quantitative estimate of drug-likeness (QED) is 0.602. The number of ketones is 1. The van der Waals surface area contributed by atoms with Gasteiger partial charge in [0.15, 0.2) is 5.78 Å². The van der Waals surface area contributed by atoms with E-state index in [1.807, 2.05) is 49.1 Å². The normalized spacial score (nSPS) is 20.0. The van der Waals surface area contributed by atoms with E-state index in [-0.39, 0.29) is 28.9 Å². The predicted molar refractivity (Wildman–Crippen MR) is 124 cm³/mol. The Morgan fingerprint density at radius 2 is 1.91 bits per heavy atom. The van der Waals surface area contributed by atoms with E-state index in [1.54, 1.807) is 11.8 Å². The Hall–Kier alpha value is -3.42. The fourth-order valence-corrected chi connectivity index (χ4v) is 5.31. The van der Waals surface area contributed by atoms with Crippen molar-refractivity contribution >= 4 is 28.5 Å². The molecule has 2 aliphatic rings. The average Bonchev–Trinajstić information content (AvgIpc) is 3.41. The number of nitrogens with one attached hydrogen (secondary N) is 2. The van der Waals surface area contributed by atoms with E-state index >= 15 is 0 Å². The van der Waals surface area contributed by atoms with Gasteiger partial charge >= 0.3 is 0 Å². The lowest BCUT2D eigenvalue weighted by atomic mass is 9.70. The summed E-state index contributed by atoms with van der Waals surface area (Å²) in [6.45, 7) is 7.70. The summed E-state index contributed by atoms with van der Waals surface area (Å²) in [5.74, 6) is -0.260. The molecule has 0 spiro atoms. The summed E-state index contributed by atoms with van der Waals surface area (Å²) >= 11 is 0. The molecule has 2 amide bonds. The third-order valence-electron chi connectivity index (χ3n) is 7.21. The van der Waals surface area contributed by atoms with Crippen LogP contribution in [-0.2, 0) is 17.8 Å². The second kappa shape index (κ2) is 7.86. The van der Waals surface area contributed by atoms with Crippen LogP contribution < -0.4 is 0 Å². The molecule has 1 atom stereocenters. The number of carbonyl (C=O) groups is 3. The average molecular weight is 448 g/mol. The van der Waals surface area contributed by atoms with Crippen LogP contribution in [0.5, 0.6) is 0 Å². The lowest BCUT2D eigenvalue weighted by Crippen LogP contribution is -2.50. The topological polar surface area (TPSA) is 102 Å². The van der Waals surface area contributed by atoms with E-state index in [4.69, 9.17) is 0 Å². The Kier molecular flexibility index (Phi) is 5.11. The van der Waals surface area contributed by atoms with E-state index in [2.05, 4.69) is 15.2 Å². The van der Waals surface area contributed by atoms with Gasteiger partial charge in [-0.2, -0.15) is 5.10 Å². The minimum Gasteiger partial charge on any atom is -0.351 e. The molecule has 1 aromatic carbocycles. The molecule has 1 fully saturated rings. The second-order valence-corrected chi connectivity index (χ2v) is 9.91. The van der Waals surface area contributed by atoms with Gasteiger partial charge in [-0.05, 0) is 24.0 Å². The molecule has 2 aliphatic heterocycles. The van der Waals surface area contributed by atoms with Gasteiger partial charge in [0.2, 0.25) is 5.91 Å². The van der Waals surface area contributed by atoms with Gasteiger partial charge in [-0.3, -0.25) is 19.5 Å². The van der Waals surface area contributed by atoms with Crippen molar-refractivity contribution in [2.24, 2.45) is 11.3 Å². The molecule has 4 heterocycles. The van der Waals surface area contributed by atoms with Crippen molar-refractivity contribution in [1.82, 2.24) is 25.0 Å². The Balaban J connectivity index is 1.37. The highest BCUT2D eigenvalue weighted by atomic mass is 16.2. The van der Waals surface area contributed by atoms with Crippen molar-refractivity contribution in [3.8, 4) is 0 Å². The molecule has 3 aromatic rings. The van der Waals surface area contributed by atoms with E-state index < -0.39 is 0 Å². The molecule has 1 unspecified atom stereocenters. The van der Waals surface area contributed by atoms with E-state index in [0.29, 0.717) is 50.4 Å². The Labute approximate surface area is 192 Å². The summed E-state index contributed by atoms with van der Waals surface area (Å²) in [5, 5.41) is 8.43. The van der Waals surface area contributed by atoms with Crippen molar-refractivity contribution in [1.29, 1.82) is 0 Å². The minimum atomic E-state index is -0.346. The number of hydrogen-bond donors (Lipinski definition) is 2. The summed E-state index contributed by atoms with van der Waals surface area (Å²) < 4.78 is 0. The largest absolute Gasteiger partial charge is 0.351 e. The van der Waals surface area contributed by atoms with Crippen molar-refractivity contribution in [3.05, 3.63) is 53.0 Å². The maximum atomic E-state index is 13.6. The summed E-state index contributed by atoms with van der Waals surface area (Å²) in [4.78, 5) is 45.5. The number of carbonyl (C=O) groups excluding carboxylic acids is 3. The highest BCUT2D eigenvalue weighted by Crippen LogP contribution is 2.38. The van der Waals surface area contributed by atoms with Crippen molar-refractivity contribution < 1.29 is 14.4 Å². The zero-order chi connectivity index (χ0) is 23.3. The fraction of sp³-hybridized carbons (Fsp3) is 0.440. The standard InChI is InChI=1S/C25H29N5O3/c1-15(31)30-10-8-18(25(2,3)14-30)23(32)22-17-13-29(11-9-20(17)27-28-22)24(33)21-12-16-6-4-5-7-19(16)26-21/h4-7,12,18,26H,8-11,13-14H2,1-3H3,(H,27,28). The molecule has 2 aromatic heterocycles. The van der Waals surface area contributed by atoms with Crippen molar-refractivity contribution in [2.75, 3.05) is 19.6 Å². The van der Waals surface area contributed by atoms with Gasteiger partial charge < -0.3 is 14.8 Å². The number of aromatic nitrogens is 3. The number of Topliss-reactive ketones (excluding diaryl/α,β-unsaturated/α-hetero) is 1. The lowest BCUT2D eigenvalue weighted by Gasteiger charge is -2.43. The summed E-state index contributed by atoms with van der Waals surface area (Å²) in [5.41, 5.74) is 3.32. The zero-order valence-electron chi connectivity index (χ0n) is 19.3. The first-order chi connectivity index (χ1) is 15.7. The van der Waals surface area contributed by atoms with Crippen molar-refractivity contribution in [3.63, 3.8) is 0 Å². The monoisotopic (exact) mass is 447 g/mol. The summed E-state index contributed by atoms with van der Waals surface area (Å²) in [7, 11) is 0. The number of aromatic amines is 2. The molecule has 172 valence electrons. The molecule has 0 radical (unpaired) electrons. The molecular formula is C25H29N5O3. The summed E-state index contributed by atoms with van der Waals surface area (Å²) in [6.07, 6.45) is 1.25. The molecule has 1 saturated heterocycles. The second-order valence-electron chi connectivity index (χ2n) is 9.91. The first-order valence-corrected chi connectivity index (χ1v) is 11.5. The number of benzene rings is 1. The van der Waals surface area contributed by atoms with Gasteiger partial charge in [-0.25, -0.2) is 0 Å². The third-order valence-corrected chi connectivity index (χ3v) is 7.21. The molecule has 8 heteroatoms. The Morgan fingerprint density at radius 3 is 2.64 bits per heavy atom. The van der Waals surface area contributed by atoms with Gasteiger partial charge in [-0.15, -0.1) is 0 Å². The fourth-order valence-electron chi connectivity index (χ4n) is 5.31. The number of piperidine rings is 1. The Morgan fingerprint density at radius 1 is 1.12 bits per heavy atom. The number of para-hydroxylation sites is 1. The van der Waals surface area contributed by atoms with Crippen LogP contribution in [0.4, 0.5) is 0 Å². The highest BCUT2D eigenvalue weighted by Gasteiger charge is 2.43. The number of H-pyrrole nitrogens is 2. The maximum Gasteiger partial charge on any atom is 0.270 e. The lowest BCUT2D eigenvalue weighted by molar-refractivity contribution is -0.132. The van der Waals surface area contributed by atoms with Gasteiger partial charge in [0.1, 0.15) is 11.4 Å². The van der Waals surface area contributed by atoms with Crippen LogP contribution in [-0.4, -0.2) is 62.2 Å². The number of fused-ring (bicyclic) bond motifs is 2. The van der Waals surface area contributed by atoms with Gasteiger partial charge in [0, 0.05) is 61.1 Å². The molecular weight excluding hydrogens is 418 g/mol. The number of nitrogens with zero attached hydrogens (tertiary/aromatic N) is 3. The smallest absolute Gasteiger partial charge is 0.270 e. The minimum absolute atomic E-state index is 0.000568. The SMILES string of the molecule is CC(=O)N1CCC(C(=O)c2n[nH]c3c2CN(C(=O)c2cc4ccccc4[nH]2)CC3)C(C)(C)C1. The van der Waals surface area contributed by atoms with Crippen LogP contribution >= 0.6 is 0 Å². The molecule has 0 aliphatic carbocycles. The molecule has 2 N–H and O–H groups in total. The number of hydrogen-bond acceptors (Lipinski definition) is 4. The first-order valence-electron chi connectivity index (χ1n) is 11.5. The van der Waals surface area contributed by atoms with Crippen LogP contribution in [0.25, 0.3) is 10.9 Å². The first kappa shape index (κ1) is 21.4. The number of likely N-dealkylation sites (tertiary alicyclic amines) is 1. The van der Waals surface area contributed by atoms with E-state index in [1.165, 1.54) is 0 Å². The molecule has 33 heavy (non-hydrogen) atoms. The highest BCUT2D eigenvalue weighted by molar-refractivity contribution is 6.00. The molecule has 0 bridgehead atoms. The van der Waals surface area contributed by atoms with E-state index in [9.17, 15) is 14.4 Å². The molecule has 0 saturated carbocycles. The van der Waals surface area contributed by atoms with Gasteiger partial charge in [0.05, 0.1) is 6.54 Å². The van der Waals surface area contributed by atoms with Crippen LogP contribution in [0.1, 0.15) is 59.4 Å². The van der Waals surface area contributed by atoms with Gasteiger partial charge in [-0.1, -0.05) is 32.0 Å². The van der Waals surface area contributed by atoms with Crippen LogP contribution in [0, 0.1) is 11.3 Å². The number of amides is 2.